The van der Waals surface area contributed by atoms with Crippen LogP contribution in [-0.2, 0) is 80.0 Å². The van der Waals surface area contributed by atoms with Crippen molar-refractivity contribution in [3.05, 3.63) is 65.7 Å². The first-order chi connectivity index (χ1) is 49.2. The van der Waals surface area contributed by atoms with Gasteiger partial charge in [0.15, 0.2) is 0 Å². The third-order valence-electron chi connectivity index (χ3n) is 19.1. The Labute approximate surface area is 603 Å². The molecule has 4 aliphatic rings. The van der Waals surface area contributed by atoms with Crippen LogP contribution in [0.5, 0.6) is 5.75 Å². The highest BCUT2D eigenvalue weighted by Gasteiger charge is 2.46. The molecule has 2 aromatic carbocycles. The molecule has 103 heavy (non-hydrogen) atoms. The summed E-state index contributed by atoms with van der Waals surface area (Å²) in [6, 6.07) is -0.511. The first kappa shape index (κ1) is 83.0. The number of nitrogens with zero attached hydrogens (tertiary/aromatic N) is 4. The van der Waals surface area contributed by atoms with E-state index in [1.807, 2.05) is 0 Å². The third kappa shape index (κ3) is 24.6. The van der Waals surface area contributed by atoms with Crippen LogP contribution in [0, 0.1) is 5.92 Å². The minimum Gasteiger partial charge on any atom is -0.508 e. The lowest BCUT2D eigenvalue weighted by Gasteiger charge is -2.33. The number of nitrogens with one attached hydrogen (secondary N) is 7. The minimum atomic E-state index is -1.46. The number of carboxylic acid groups (broad SMARTS) is 3. The number of benzene rings is 2. The number of carbonyl (C=O) groups is 14. The van der Waals surface area contributed by atoms with Crippen LogP contribution in [0.3, 0.4) is 0 Å². The molecule has 0 aromatic heterocycles. The number of phenols is 1. The van der Waals surface area contributed by atoms with Gasteiger partial charge in [0.05, 0.1) is 6.04 Å². The van der Waals surface area contributed by atoms with Gasteiger partial charge in [-0.2, -0.15) is 11.8 Å². The smallest absolute Gasteiger partial charge is 0.326 e. The fourth-order valence-electron chi connectivity index (χ4n) is 13.5. The first-order valence-corrected chi connectivity index (χ1v) is 37.0. The SMILES string of the molecule is CSCCC(NC(=O)C(CCC(=O)O)NC(=O)C(N)CCCCN)C(=O)N1CCCC1C(=O)NC(Cc1ccccc1)C(=O)N1CCCC1C(=O)NC(CCCCN)C(=O)NC(Cc1ccc(O)cc1)C(=O)N1CCCC1C(=O)NC(C(=O)NC(CCC(=O)O)C(=O)N1CCCC1C(=O)O)C(C)C. The molecular formula is C70H104N14O18S. The largest absolute Gasteiger partial charge is 0.508 e. The van der Waals surface area contributed by atoms with Crippen LogP contribution in [0.2, 0.25) is 0 Å². The number of amides is 11. The van der Waals surface area contributed by atoms with Crippen molar-refractivity contribution in [1.82, 2.24) is 56.8 Å². The highest BCUT2D eigenvalue weighted by Crippen LogP contribution is 2.27. The van der Waals surface area contributed by atoms with Crippen molar-refractivity contribution in [2.45, 2.75) is 221 Å². The lowest BCUT2D eigenvalue weighted by atomic mass is 10.0. The summed E-state index contributed by atoms with van der Waals surface area (Å²) in [5.41, 5.74) is 18.7. The molecule has 0 saturated carbocycles. The lowest BCUT2D eigenvalue weighted by molar-refractivity contribution is -0.150. The average Bonchev–Trinajstić information content (AvgIpc) is 1.75. The van der Waals surface area contributed by atoms with E-state index in [9.17, 15) is 78.0 Å². The zero-order chi connectivity index (χ0) is 75.4. The predicted molar refractivity (Wildman–Crippen MR) is 377 cm³/mol. The summed E-state index contributed by atoms with van der Waals surface area (Å²) in [5, 5.41) is 58.1. The molecular weight excluding hydrogens is 1360 g/mol. The van der Waals surface area contributed by atoms with E-state index in [4.69, 9.17) is 17.2 Å². The number of thioether (sulfide) groups is 1. The topological polar surface area (TPSA) is 495 Å². The van der Waals surface area contributed by atoms with E-state index >= 15 is 9.59 Å². The summed E-state index contributed by atoms with van der Waals surface area (Å²) in [7, 11) is 0. The van der Waals surface area contributed by atoms with E-state index in [0.717, 1.165) is 4.90 Å². The molecule has 0 spiro atoms. The molecule has 4 fully saturated rings. The van der Waals surface area contributed by atoms with Gasteiger partial charge in [-0.25, -0.2) is 4.79 Å². The second kappa shape index (κ2) is 41.4. The summed E-state index contributed by atoms with van der Waals surface area (Å²) in [6.07, 6.45) is 4.08. The second-order valence-corrected chi connectivity index (χ2v) is 28.1. The Hall–Kier alpha value is -8.95. The van der Waals surface area contributed by atoms with Crippen LogP contribution in [-0.4, -0.2) is 247 Å². The van der Waals surface area contributed by atoms with Crippen molar-refractivity contribution < 1.29 is 87.5 Å². The lowest BCUT2D eigenvalue weighted by Crippen LogP contribution is -2.61. The maximum atomic E-state index is 15.2. The molecule has 568 valence electrons. The third-order valence-corrected chi connectivity index (χ3v) is 19.8. The zero-order valence-corrected chi connectivity index (χ0v) is 59.8. The average molecular weight is 1460 g/mol. The minimum absolute atomic E-state index is 0.0154. The molecule has 6 rings (SSSR count). The van der Waals surface area contributed by atoms with Gasteiger partial charge < -0.3 is 94.4 Å². The van der Waals surface area contributed by atoms with Crippen LogP contribution in [0.15, 0.2) is 54.6 Å². The van der Waals surface area contributed by atoms with Crippen molar-refractivity contribution in [1.29, 1.82) is 0 Å². The van der Waals surface area contributed by atoms with Gasteiger partial charge in [0.25, 0.3) is 0 Å². The number of phenolic OH excluding ortho intramolecular Hbond substituents is 1. The number of carbonyl (C=O) groups excluding carboxylic acids is 11. The number of aromatic hydroxyl groups is 1. The highest BCUT2D eigenvalue weighted by atomic mass is 32.2. The van der Waals surface area contributed by atoms with Gasteiger partial charge >= 0.3 is 17.9 Å². The van der Waals surface area contributed by atoms with E-state index in [-0.39, 0.29) is 109 Å². The summed E-state index contributed by atoms with van der Waals surface area (Å²) >= 11 is 1.39. The molecule has 32 nitrogen and oxygen atoms in total. The van der Waals surface area contributed by atoms with Crippen molar-refractivity contribution in [3.8, 4) is 5.75 Å². The standard InChI is InChI=1S/C70H104N14O18S/c1-41(2)58(65(96)77-48(28-30-57(88)89)66(97)84-37-14-22-55(84)70(101)102)80-64(95)54-21-13-36-83(54)68(99)50(40-43-23-25-44(85)26-24-43)78-60(91)46(18-8-10-33-72)75-62(93)52-19-12-35-82(52)69(100)51(39-42-15-5-4-6-16-42)79-63(94)53-20-11-34-81(53)67(98)49(31-38-103-3)76-61(92)47(27-29-56(86)87)74-59(90)45(73)17-7-9-32-71/h4-6,15-16,23-26,41,45-55,58,85H,7-14,17-22,27-40,71-73H2,1-3H3,(H,74,90)(H,75,93)(H,76,92)(H,77,96)(H,78,91)(H,79,94)(H,80,95)(H,86,87)(H,88,89)(H,101,102). The molecule has 0 aliphatic carbocycles. The fraction of sp³-hybridized carbons (Fsp3) is 0.629. The normalized spacial score (nSPS) is 19.6. The molecule has 11 amide bonds. The monoisotopic (exact) mass is 1460 g/mol. The van der Waals surface area contributed by atoms with Gasteiger partial charge in [-0.1, -0.05) is 62.7 Å². The molecule has 33 heteroatoms. The Morgan fingerprint density at radius 3 is 1.32 bits per heavy atom. The van der Waals surface area contributed by atoms with Gasteiger partial charge in [-0.15, -0.1) is 0 Å². The van der Waals surface area contributed by atoms with E-state index in [0.29, 0.717) is 74.8 Å². The Kier molecular flexibility index (Phi) is 33.3. The quantitative estimate of drug-likeness (QED) is 0.0368. The molecule has 0 bridgehead atoms. The van der Waals surface area contributed by atoms with Gasteiger partial charge in [-0.3, -0.25) is 62.3 Å². The molecule has 17 N–H and O–H groups in total. The van der Waals surface area contributed by atoms with Crippen molar-refractivity contribution >= 4 is 94.6 Å². The maximum Gasteiger partial charge on any atom is 0.326 e. The van der Waals surface area contributed by atoms with E-state index in [1.54, 1.807) is 50.4 Å². The number of rotatable bonds is 41. The Balaban J connectivity index is 1.20. The summed E-state index contributed by atoms with van der Waals surface area (Å²) in [6.45, 7) is 4.10. The van der Waals surface area contributed by atoms with Crippen LogP contribution in [0.1, 0.15) is 147 Å². The van der Waals surface area contributed by atoms with Gasteiger partial charge in [0.2, 0.25) is 65.0 Å². The number of nitrogens with two attached hydrogens (primary N) is 3. The molecule has 2 aromatic rings. The number of aliphatic carboxylic acids is 3. The van der Waals surface area contributed by atoms with E-state index in [1.165, 1.54) is 50.7 Å². The number of hydrogen-bond acceptors (Lipinski definition) is 19. The number of carboxylic acids is 3. The Morgan fingerprint density at radius 2 is 0.845 bits per heavy atom. The molecule has 4 heterocycles. The van der Waals surface area contributed by atoms with Gasteiger partial charge in [0, 0.05) is 51.9 Å². The number of unbranched alkanes of at least 4 members (excludes halogenated alkanes) is 2. The van der Waals surface area contributed by atoms with Gasteiger partial charge in [0.1, 0.15) is 72.2 Å². The van der Waals surface area contributed by atoms with E-state index < -0.39 is 174 Å². The highest BCUT2D eigenvalue weighted by molar-refractivity contribution is 7.98. The number of hydrogen-bond donors (Lipinski definition) is 14. The fourth-order valence-corrected chi connectivity index (χ4v) is 13.9. The molecule has 4 saturated heterocycles. The molecule has 12 atom stereocenters. The Morgan fingerprint density at radius 1 is 0.456 bits per heavy atom. The van der Waals surface area contributed by atoms with Crippen LogP contribution in [0.4, 0.5) is 0 Å². The van der Waals surface area contributed by atoms with Crippen molar-refractivity contribution in [2.24, 2.45) is 23.1 Å². The number of likely N-dealkylation sites (tertiary alicyclic amines) is 4. The van der Waals surface area contributed by atoms with Crippen molar-refractivity contribution in [2.75, 3.05) is 51.3 Å². The van der Waals surface area contributed by atoms with Gasteiger partial charge in [-0.05, 0) is 157 Å². The summed E-state index contributed by atoms with van der Waals surface area (Å²) in [5.74, 6) is -12.2. The first-order valence-electron chi connectivity index (χ1n) is 35.7. The maximum absolute atomic E-state index is 15.2. The van der Waals surface area contributed by atoms with Crippen molar-refractivity contribution in [3.63, 3.8) is 0 Å². The molecule has 12 unspecified atom stereocenters. The van der Waals surface area contributed by atoms with E-state index in [2.05, 4.69) is 37.2 Å². The van der Waals surface area contributed by atoms with Crippen LogP contribution in [0.25, 0.3) is 0 Å². The van der Waals surface area contributed by atoms with Crippen LogP contribution < -0.4 is 54.4 Å². The Bertz CT molecular complexity index is 3280. The predicted octanol–water partition coefficient (Wildman–Crippen LogP) is -0.656. The second-order valence-electron chi connectivity index (χ2n) is 27.1. The van der Waals surface area contributed by atoms with Crippen LogP contribution >= 0.6 is 11.8 Å². The zero-order valence-electron chi connectivity index (χ0n) is 58.9. The molecule has 0 radical (unpaired) electrons. The summed E-state index contributed by atoms with van der Waals surface area (Å²) in [4.78, 5) is 199. The molecule has 4 aliphatic heterocycles. The summed E-state index contributed by atoms with van der Waals surface area (Å²) < 4.78 is 0.